The molecule has 3 rings (SSSR count). The van der Waals surface area contributed by atoms with Gasteiger partial charge >= 0.3 is 5.97 Å². The molecule has 0 spiro atoms. The zero-order valence-electron chi connectivity index (χ0n) is 23.6. The van der Waals surface area contributed by atoms with E-state index < -0.39 is 5.97 Å². The molecule has 0 aliphatic heterocycles. The zero-order valence-corrected chi connectivity index (χ0v) is 23.6. The van der Waals surface area contributed by atoms with Crippen LogP contribution in [0, 0.1) is 0 Å². The van der Waals surface area contributed by atoms with Crippen LogP contribution in [0.4, 0.5) is 11.4 Å². The Morgan fingerprint density at radius 1 is 0.675 bits per heavy atom. The molecule has 0 heterocycles. The van der Waals surface area contributed by atoms with Crippen LogP contribution in [0.25, 0.3) is 11.8 Å². The number of rotatable bonds is 17. The Bertz CT molecular complexity index is 1190. The Morgan fingerprint density at radius 2 is 1.20 bits per heavy atom. The first kappa shape index (κ1) is 30.4. The Morgan fingerprint density at radius 3 is 1.77 bits per heavy atom. The third-order valence-corrected chi connectivity index (χ3v) is 6.41. The SMILES string of the molecule is CCCCCCOc1ccc(/C(N)=C/c2ccc(OCCCCCCOC(=O)c3cc(N)cc(N)c3)cc2)cc1. The second kappa shape index (κ2) is 16.7. The fourth-order valence-electron chi connectivity index (χ4n) is 4.18. The number of unbranched alkanes of at least 4 members (excludes halogenated alkanes) is 6. The van der Waals surface area contributed by atoms with Gasteiger partial charge in [-0.15, -0.1) is 0 Å². The maximum absolute atomic E-state index is 12.1. The first-order valence-electron chi connectivity index (χ1n) is 14.2. The maximum Gasteiger partial charge on any atom is 0.338 e. The molecule has 3 aromatic carbocycles. The normalized spacial score (nSPS) is 11.3. The highest BCUT2D eigenvalue weighted by Gasteiger charge is 2.08. The summed E-state index contributed by atoms with van der Waals surface area (Å²) in [6.07, 6.45) is 10.4. The van der Waals surface area contributed by atoms with Crippen molar-refractivity contribution < 1.29 is 19.0 Å². The van der Waals surface area contributed by atoms with Crippen LogP contribution in [-0.4, -0.2) is 25.8 Å². The minimum atomic E-state index is -0.404. The number of ether oxygens (including phenoxy) is 3. The van der Waals surface area contributed by atoms with Crippen LogP contribution >= 0.6 is 0 Å². The number of hydrogen-bond acceptors (Lipinski definition) is 7. The molecule has 0 aliphatic rings. The van der Waals surface area contributed by atoms with Gasteiger partial charge in [0.1, 0.15) is 11.5 Å². The number of carbonyl (C=O) groups excluding carboxylic acids is 1. The lowest BCUT2D eigenvalue weighted by atomic mass is 10.1. The first-order valence-corrected chi connectivity index (χ1v) is 14.2. The lowest BCUT2D eigenvalue weighted by Gasteiger charge is -2.09. The summed E-state index contributed by atoms with van der Waals surface area (Å²) in [7, 11) is 0. The predicted octanol–water partition coefficient (Wildman–Crippen LogP) is 7.06. The summed E-state index contributed by atoms with van der Waals surface area (Å²) in [5.74, 6) is 1.29. The molecule has 0 unspecified atom stereocenters. The van der Waals surface area contributed by atoms with Crippen molar-refractivity contribution in [1.29, 1.82) is 0 Å². The fourth-order valence-corrected chi connectivity index (χ4v) is 4.18. The minimum Gasteiger partial charge on any atom is -0.494 e. The van der Waals surface area contributed by atoms with Crippen molar-refractivity contribution in [2.24, 2.45) is 5.73 Å². The van der Waals surface area contributed by atoms with Gasteiger partial charge in [-0.05, 0) is 104 Å². The van der Waals surface area contributed by atoms with Crippen molar-refractivity contribution in [3.8, 4) is 11.5 Å². The Kier molecular flexibility index (Phi) is 12.7. The van der Waals surface area contributed by atoms with Gasteiger partial charge in [-0.2, -0.15) is 0 Å². The van der Waals surface area contributed by atoms with Crippen molar-refractivity contribution in [3.63, 3.8) is 0 Å². The van der Waals surface area contributed by atoms with E-state index in [4.69, 9.17) is 31.4 Å². The molecule has 7 heteroatoms. The molecule has 0 aliphatic carbocycles. The number of anilines is 2. The molecule has 3 aromatic rings. The van der Waals surface area contributed by atoms with Gasteiger partial charge < -0.3 is 31.4 Å². The Balaban J connectivity index is 1.30. The smallest absolute Gasteiger partial charge is 0.338 e. The van der Waals surface area contributed by atoms with Crippen LogP contribution in [0.2, 0.25) is 0 Å². The van der Waals surface area contributed by atoms with Crippen LogP contribution in [0.5, 0.6) is 11.5 Å². The Hall–Kier alpha value is -4.13. The quantitative estimate of drug-likeness (QED) is 0.0718. The zero-order chi connectivity index (χ0) is 28.6. The summed E-state index contributed by atoms with van der Waals surface area (Å²) in [6, 6.07) is 20.6. The summed E-state index contributed by atoms with van der Waals surface area (Å²) in [6.45, 7) is 3.95. The van der Waals surface area contributed by atoms with E-state index >= 15 is 0 Å². The highest BCUT2D eigenvalue weighted by Crippen LogP contribution is 2.20. The van der Waals surface area contributed by atoms with Crippen molar-refractivity contribution in [2.45, 2.75) is 58.3 Å². The standard InChI is InChI=1S/C33H43N3O4/c1-2-3-4-7-18-39-31-16-12-26(13-17-31)32(36)21-25-10-14-30(15-11-25)38-19-8-5-6-9-20-40-33(37)27-22-28(34)24-29(35)23-27/h10-17,21-24H,2-9,18-20,34-36H2,1H3/b32-21-. The molecule has 0 fully saturated rings. The van der Waals surface area contributed by atoms with Gasteiger partial charge in [0.2, 0.25) is 0 Å². The van der Waals surface area contributed by atoms with Crippen LogP contribution in [0.15, 0.2) is 66.7 Å². The van der Waals surface area contributed by atoms with Crippen LogP contribution in [0.3, 0.4) is 0 Å². The highest BCUT2D eigenvalue weighted by molar-refractivity contribution is 5.91. The molecule has 214 valence electrons. The molecule has 0 atom stereocenters. The molecule has 6 N–H and O–H groups in total. The predicted molar refractivity (Wildman–Crippen MR) is 164 cm³/mol. The van der Waals surface area contributed by atoms with Gasteiger partial charge in [0, 0.05) is 17.1 Å². The first-order chi connectivity index (χ1) is 19.4. The molecule has 0 saturated carbocycles. The van der Waals surface area contributed by atoms with Gasteiger partial charge in [0.15, 0.2) is 0 Å². The van der Waals surface area contributed by atoms with E-state index in [0.29, 0.717) is 35.8 Å². The van der Waals surface area contributed by atoms with Gasteiger partial charge in [-0.25, -0.2) is 4.79 Å². The number of esters is 1. The van der Waals surface area contributed by atoms with Crippen LogP contribution in [-0.2, 0) is 4.74 Å². The molecule has 40 heavy (non-hydrogen) atoms. The maximum atomic E-state index is 12.1. The van der Waals surface area contributed by atoms with Gasteiger partial charge in [0.05, 0.1) is 25.4 Å². The molecule has 0 aromatic heterocycles. The lowest BCUT2D eigenvalue weighted by Crippen LogP contribution is -2.08. The second-order valence-corrected chi connectivity index (χ2v) is 9.89. The highest BCUT2D eigenvalue weighted by atomic mass is 16.5. The van der Waals surface area contributed by atoms with Crippen molar-refractivity contribution in [3.05, 3.63) is 83.4 Å². The van der Waals surface area contributed by atoms with Crippen LogP contribution in [0.1, 0.15) is 79.8 Å². The number of nitrogen functional groups attached to an aromatic ring is 2. The average Bonchev–Trinajstić information content (AvgIpc) is 2.95. The minimum absolute atomic E-state index is 0.365. The van der Waals surface area contributed by atoms with Crippen molar-refractivity contribution in [1.82, 2.24) is 0 Å². The van der Waals surface area contributed by atoms with E-state index in [-0.39, 0.29) is 0 Å². The molecule has 0 radical (unpaired) electrons. The van der Waals surface area contributed by atoms with Gasteiger partial charge in [0.25, 0.3) is 0 Å². The fraction of sp³-hybridized carbons (Fsp3) is 0.364. The summed E-state index contributed by atoms with van der Waals surface area (Å²) in [5.41, 5.74) is 21.7. The topological polar surface area (TPSA) is 123 Å². The molecule has 0 bridgehead atoms. The summed E-state index contributed by atoms with van der Waals surface area (Å²) in [4.78, 5) is 12.1. The van der Waals surface area contributed by atoms with E-state index in [1.807, 2.05) is 54.6 Å². The second-order valence-electron chi connectivity index (χ2n) is 9.89. The van der Waals surface area contributed by atoms with E-state index in [9.17, 15) is 4.79 Å². The van der Waals surface area contributed by atoms with Crippen LogP contribution < -0.4 is 26.7 Å². The largest absolute Gasteiger partial charge is 0.494 e. The number of nitrogens with two attached hydrogens (primary N) is 3. The van der Waals surface area contributed by atoms with E-state index in [1.165, 1.54) is 19.3 Å². The van der Waals surface area contributed by atoms with Gasteiger partial charge in [-0.3, -0.25) is 0 Å². The summed E-state index contributed by atoms with van der Waals surface area (Å²) >= 11 is 0. The molecule has 0 saturated heterocycles. The molecular formula is C33H43N3O4. The third-order valence-electron chi connectivity index (χ3n) is 6.41. The monoisotopic (exact) mass is 545 g/mol. The summed E-state index contributed by atoms with van der Waals surface area (Å²) in [5, 5.41) is 0. The summed E-state index contributed by atoms with van der Waals surface area (Å²) < 4.78 is 17.0. The molecule has 7 nitrogen and oxygen atoms in total. The lowest BCUT2D eigenvalue weighted by molar-refractivity contribution is 0.0497. The number of hydrogen-bond donors (Lipinski definition) is 3. The molecular weight excluding hydrogens is 502 g/mol. The average molecular weight is 546 g/mol. The van der Waals surface area contributed by atoms with Crippen molar-refractivity contribution in [2.75, 3.05) is 31.3 Å². The number of carbonyl (C=O) groups is 1. The van der Waals surface area contributed by atoms with Gasteiger partial charge in [-0.1, -0.05) is 38.3 Å². The molecule has 0 amide bonds. The van der Waals surface area contributed by atoms with E-state index in [2.05, 4.69) is 6.92 Å². The third kappa shape index (κ3) is 10.9. The Labute approximate surface area is 238 Å². The van der Waals surface area contributed by atoms with E-state index in [1.54, 1.807) is 18.2 Å². The van der Waals surface area contributed by atoms with Crippen molar-refractivity contribution >= 4 is 29.1 Å². The van der Waals surface area contributed by atoms with E-state index in [0.717, 1.165) is 61.3 Å². The number of benzene rings is 3.